The molecule has 0 atom stereocenters. The number of nitro benzene ring substituents is 1. The molecule has 0 saturated heterocycles. The van der Waals surface area contributed by atoms with Crippen LogP contribution in [0.15, 0.2) is 24.3 Å². The topological polar surface area (TPSA) is 101 Å². The van der Waals surface area contributed by atoms with Gasteiger partial charge in [0.1, 0.15) is 0 Å². The number of nitrogens with one attached hydrogen (secondary N) is 2. The fourth-order valence-electron chi connectivity index (χ4n) is 1.76. The van der Waals surface area contributed by atoms with E-state index in [1.165, 1.54) is 23.5 Å². The summed E-state index contributed by atoms with van der Waals surface area (Å²) in [5.41, 5.74) is -0.0189. The van der Waals surface area contributed by atoms with E-state index in [0.717, 1.165) is 4.70 Å². The molecule has 0 radical (unpaired) electrons. The van der Waals surface area contributed by atoms with Crippen molar-refractivity contribution < 1.29 is 14.5 Å². The van der Waals surface area contributed by atoms with Gasteiger partial charge in [-0.05, 0) is 19.1 Å². The zero-order valence-electron chi connectivity index (χ0n) is 11.2. The normalized spacial score (nSPS) is 10.3. The molecule has 0 unspecified atom stereocenters. The molecule has 1 aromatic carbocycles. The van der Waals surface area contributed by atoms with Crippen LogP contribution in [0.4, 0.5) is 5.69 Å². The van der Waals surface area contributed by atoms with E-state index in [4.69, 9.17) is 0 Å². The maximum atomic E-state index is 11.9. The minimum Gasteiger partial charge on any atom is -0.355 e. The molecular weight excluding hydrogens is 294 g/mol. The minimum absolute atomic E-state index is 0.0189. The summed E-state index contributed by atoms with van der Waals surface area (Å²) in [6.45, 7) is 2.20. The number of nitro groups is 1. The number of fused-ring (bicyclic) bond motifs is 1. The van der Waals surface area contributed by atoms with Crippen molar-refractivity contribution in [2.24, 2.45) is 0 Å². The average Bonchev–Trinajstić information content (AvgIpc) is 2.87. The lowest BCUT2D eigenvalue weighted by molar-refractivity contribution is -0.384. The number of nitrogens with zero attached hydrogens (tertiary/aromatic N) is 1. The van der Waals surface area contributed by atoms with E-state index in [-0.39, 0.29) is 24.0 Å². The van der Waals surface area contributed by atoms with Gasteiger partial charge in [-0.25, -0.2) is 0 Å². The monoisotopic (exact) mass is 307 g/mol. The van der Waals surface area contributed by atoms with Crippen LogP contribution < -0.4 is 10.6 Å². The smallest absolute Gasteiger partial charge is 0.270 e. The molecule has 0 aliphatic heterocycles. The second kappa shape index (κ2) is 6.31. The van der Waals surface area contributed by atoms with E-state index >= 15 is 0 Å². The first kappa shape index (κ1) is 14.9. The number of rotatable bonds is 5. The predicted molar refractivity (Wildman–Crippen MR) is 79.5 cm³/mol. The average molecular weight is 307 g/mol. The molecule has 2 aromatic rings. The molecule has 0 bridgehead atoms. The Morgan fingerprint density at radius 2 is 2.05 bits per heavy atom. The van der Waals surface area contributed by atoms with Crippen LogP contribution in [0.25, 0.3) is 10.1 Å². The van der Waals surface area contributed by atoms with E-state index in [1.807, 2.05) is 0 Å². The number of thiophene rings is 1. The Morgan fingerprint density at radius 3 is 2.71 bits per heavy atom. The summed E-state index contributed by atoms with van der Waals surface area (Å²) in [6, 6.07) is 6.01. The number of carbonyl (C=O) groups excluding carboxylic acids is 2. The molecule has 0 saturated carbocycles. The Morgan fingerprint density at radius 1 is 1.29 bits per heavy atom. The standard InChI is InChI=1S/C13H13N3O4S/c1-2-14-12(17)7-15-13(18)11-6-8-5-9(16(19)20)3-4-10(8)21-11/h3-6H,2,7H2,1H3,(H,14,17)(H,15,18). The summed E-state index contributed by atoms with van der Waals surface area (Å²) in [5, 5.41) is 16.4. The highest BCUT2D eigenvalue weighted by molar-refractivity contribution is 7.20. The van der Waals surface area contributed by atoms with Crippen LogP contribution in [0.1, 0.15) is 16.6 Å². The molecule has 2 N–H and O–H groups in total. The summed E-state index contributed by atoms with van der Waals surface area (Å²) in [4.78, 5) is 33.8. The Labute approximate surface area is 124 Å². The van der Waals surface area contributed by atoms with Crippen molar-refractivity contribution >= 4 is 38.9 Å². The fourth-order valence-corrected chi connectivity index (χ4v) is 2.72. The van der Waals surface area contributed by atoms with Crippen LogP contribution in [0, 0.1) is 10.1 Å². The maximum absolute atomic E-state index is 11.9. The Bertz CT molecular complexity index is 711. The van der Waals surface area contributed by atoms with Gasteiger partial charge in [0.05, 0.1) is 16.3 Å². The molecule has 0 aliphatic carbocycles. The Kier molecular flexibility index (Phi) is 4.49. The number of non-ortho nitro benzene ring substituents is 1. The predicted octanol–water partition coefficient (Wildman–Crippen LogP) is 1.68. The van der Waals surface area contributed by atoms with Crippen molar-refractivity contribution in [1.82, 2.24) is 10.6 Å². The molecule has 8 heteroatoms. The lowest BCUT2D eigenvalue weighted by Gasteiger charge is -2.03. The van der Waals surface area contributed by atoms with Crippen LogP contribution in [0.2, 0.25) is 0 Å². The first-order valence-corrected chi connectivity index (χ1v) is 7.05. The van der Waals surface area contributed by atoms with Gasteiger partial charge in [0.25, 0.3) is 11.6 Å². The fraction of sp³-hybridized carbons (Fsp3) is 0.231. The Balaban J connectivity index is 2.13. The van der Waals surface area contributed by atoms with Crippen LogP contribution in [-0.2, 0) is 4.79 Å². The highest BCUT2D eigenvalue weighted by atomic mass is 32.1. The van der Waals surface area contributed by atoms with Crippen LogP contribution in [0.3, 0.4) is 0 Å². The lowest BCUT2D eigenvalue weighted by atomic mass is 10.2. The minimum atomic E-state index is -0.480. The zero-order valence-corrected chi connectivity index (χ0v) is 12.0. The highest BCUT2D eigenvalue weighted by Gasteiger charge is 2.13. The largest absolute Gasteiger partial charge is 0.355 e. The molecular formula is C13H13N3O4S. The van der Waals surface area contributed by atoms with Gasteiger partial charge in [0.15, 0.2) is 0 Å². The number of likely N-dealkylation sites (N-methyl/N-ethyl adjacent to an activating group) is 1. The summed E-state index contributed by atoms with van der Waals surface area (Å²) in [5.74, 6) is -0.632. The van der Waals surface area contributed by atoms with Gasteiger partial charge in [-0.1, -0.05) is 0 Å². The van der Waals surface area contributed by atoms with Crippen molar-refractivity contribution in [2.45, 2.75) is 6.92 Å². The molecule has 7 nitrogen and oxygen atoms in total. The van der Waals surface area contributed by atoms with Crippen LogP contribution in [0.5, 0.6) is 0 Å². The number of benzene rings is 1. The van der Waals surface area contributed by atoms with Gasteiger partial charge in [-0.15, -0.1) is 11.3 Å². The van der Waals surface area contributed by atoms with Gasteiger partial charge in [0, 0.05) is 28.8 Å². The van der Waals surface area contributed by atoms with Gasteiger partial charge < -0.3 is 10.6 Å². The van der Waals surface area contributed by atoms with Gasteiger partial charge in [-0.3, -0.25) is 19.7 Å². The molecule has 0 spiro atoms. The van der Waals surface area contributed by atoms with Crippen molar-refractivity contribution in [3.8, 4) is 0 Å². The molecule has 1 aromatic heterocycles. The quantitative estimate of drug-likeness (QED) is 0.648. The molecule has 2 amide bonds. The van der Waals surface area contributed by atoms with Crippen molar-refractivity contribution in [3.63, 3.8) is 0 Å². The number of carbonyl (C=O) groups is 2. The summed E-state index contributed by atoms with van der Waals surface area (Å²) < 4.78 is 0.781. The molecule has 110 valence electrons. The van der Waals surface area contributed by atoms with Gasteiger partial charge in [-0.2, -0.15) is 0 Å². The van der Waals surface area contributed by atoms with Gasteiger partial charge in [0.2, 0.25) is 5.91 Å². The Hall–Kier alpha value is -2.48. The lowest BCUT2D eigenvalue weighted by Crippen LogP contribution is -2.36. The molecule has 0 fully saturated rings. The number of hydrogen-bond acceptors (Lipinski definition) is 5. The van der Waals surface area contributed by atoms with E-state index < -0.39 is 4.92 Å². The van der Waals surface area contributed by atoms with E-state index in [2.05, 4.69) is 10.6 Å². The third-order valence-electron chi connectivity index (χ3n) is 2.72. The number of amides is 2. The van der Waals surface area contributed by atoms with E-state index in [9.17, 15) is 19.7 Å². The van der Waals surface area contributed by atoms with Crippen LogP contribution >= 0.6 is 11.3 Å². The highest BCUT2D eigenvalue weighted by Crippen LogP contribution is 2.28. The first-order valence-electron chi connectivity index (χ1n) is 6.24. The summed E-state index contributed by atoms with van der Waals surface area (Å²) in [6.07, 6.45) is 0. The number of hydrogen-bond donors (Lipinski definition) is 2. The van der Waals surface area contributed by atoms with Crippen molar-refractivity contribution in [3.05, 3.63) is 39.3 Å². The molecule has 1 heterocycles. The van der Waals surface area contributed by atoms with Crippen LogP contribution in [-0.4, -0.2) is 29.8 Å². The maximum Gasteiger partial charge on any atom is 0.270 e. The molecule has 21 heavy (non-hydrogen) atoms. The van der Waals surface area contributed by atoms with Gasteiger partial charge >= 0.3 is 0 Å². The second-order valence-corrected chi connectivity index (χ2v) is 5.31. The summed E-state index contributed by atoms with van der Waals surface area (Å²) in [7, 11) is 0. The molecule has 0 aliphatic rings. The third-order valence-corrected chi connectivity index (χ3v) is 3.83. The van der Waals surface area contributed by atoms with Crippen molar-refractivity contribution in [2.75, 3.05) is 13.1 Å². The second-order valence-electron chi connectivity index (χ2n) is 4.23. The molecule has 2 rings (SSSR count). The SMILES string of the molecule is CCNC(=O)CNC(=O)c1cc2cc([N+](=O)[O-])ccc2s1. The summed E-state index contributed by atoms with van der Waals surface area (Å²) >= 11 is 1.22. The first-order chi connectivity index (χ1) is 10.0. The van der Waals surface area contributed by atoms with Crippen molar-refractivity contribution in [1.29, 1.82) is 0 Å². The van der Waals surface area contributed by atoms with E-state index in [0.29, 0.717) is 16.8 Å². The zero-order chi connectivity index (χ0) is 15.4. The van der Waals surface area contributed by atoms with E-state index in [1.54, 1.807) is 19.1 Å². The third kappa shape index (κ3) is 3.54.